The molecule has 0 aliphatic heterocycles. The lowest BCUT2D eigenvalue weighted by atomic mass is 10.1. The average Bonchev–Trinajstić information content (AvgIpc) is 3.01. The molecule has 7 heteroatoms. The Morgan fingerprint density at radius 1 is 1.43 bits per heavy atom. The number of benzene rings is 1. The number of carbonyl (C=O) groups is 2. The van der Waals surface area contributed by atoms with Crippen molar-refractivity contribution in [3.05, 3.63) is 42.2 Å². The fourth-order valence-corrected chi connectivity index (χ4v) is 1.92. The van der Waals surface area contributed by atoms with Crippen molar-refractivity contribution in [2.45, 2.75) is 25.8 Å². The van der Waals surface area contributed by atoms with E-state index in [0.29, 0.717) is 24.1 Å². The fourth-order valence-electron chi connectivity index (χ4n) is 1.92. The lowest BCUT2D eigenvalue weighted by Crippen LogP contribution is -2.40. The van der Waals surface area contributed by atoms with Gasteiger partial charge in [-0.15, -0.1) is 5.10 Å². The zero-order valence-corrected chi connectivity index (χ0v) is 11.6. The highest BCUT2D eigenvalue weighted by molar-refractivity contribution is 5.97. The van der Waals surface area contributed by atoms with E-state index in [2.05, 4.69) is 15.6 Å². The summed E-state index contributed by atoms with van der Waals surface area (Å²) in [5, 5.41) is 19.1. The lowest BCUT2D eigenvalue weighted by molar-refractivity contribution is -0.139. The van der Waals surface area contributed by atoms with Gasteiger partial charge >= 0.3 is 5.97 Å². The van der Waals surface area contributed by atoms with Crippen molar-refractivity contribution in [2.24, 2.45) is 0 Å². The molecule has 2 N–H and O–H groups in total. The number of rotatable bonds is 6. The standard InChI is InChI=1S/C14H16N4O3/c1-2-4-12(14(20)21)16-13(19)10-5-3-6-11(9-10)18-8-7-15-17-18/h3,5-9,12H,2,4H2,1H3,(H,16,19)(H,20,21). The van der Waals surface area contributed by atoms with Crippen LogP contribution in [0.5, 0.6) is 0 Å². The third-order valence-corrected chi connectivity index (χ3v) is 2.98. The molecule has 110 valence electrons. The first-order valence-electron chi connectivity index (χ1n) is 6.62. The molecule has 1 heterocycles. The molecule has 0 fully saturated rings. The second kappa shape index (κ2) is 6.65. The Bertz CT molecular complexity index is 625. The van der Waals surface area contributed by atoms with Gasteiger partial charge in [-0.2, -0.15) is 0 Å². The number of nitrogens with one attached hydrogen (secondary N) is 1. The Hall–Kier alpha value is -2.70. The summed E-state index contributed by atoms with van der Waals surface area (Å²) < 4.78 is 1.53. The van der Waals surface area contributed by atoms with Gasteiger partial charge in [0, 0.05) is 5.56 Å². The van der Waals surface area contributed by atoms with E-state index in [9.17, 15) is 9.59 Å². The summed E-state index contributed by atoms with van der Waals surface area (Å²) >= 11 is 0. The molecule has 0 saturated carbocycles. The van der Waals surface area contributed by atoms with E-state index >= 15 is 0 Å². The van der Waals surface area contributed by atoms with Crippen LogP contribution in [0.3, 0.4) is 0 Å². The first-order valence-corrected chi connectivity index (χ1v) is 6.62. The first kappa shape index (κ1) is 14.7. The van der Waals surface area contributed by atoms with Crippen molar-refractivity contribution in [3.63, 3.8) is 0 Å². The van der Waals surface area contributed by atoms with Gasteiger partial charge in [-0.3, -0.25) is 4.79 Å². The summed E-state index contributed by atoms with van der Waals surface area (Å²) in [6, 6.07) is 5.88. The molecule has 0 aliphatic carbocycles. The molecule has 0 saturated heterocycles. The number of hydrogen-bond donors (Lipinski definition) is 2. The summed E-state index contributed by atoms with van der Waals surface area (Å²) in [6.07, 6.45) is 4.27. The second-order valence-electron chi connectivity index (χ2n) is 4.55. The van der Waals surface area contributed by atoms with Gasteiger partial charge in [-0.25, -0.2) is 9.48 Å². The number of amides is 1. The number of nitrogens with zero attached hydrogens (tertiary/aromatic N) is 3. The third kappa shape index (κ3) is 3.65. The molecule has 7 nitrogen and oxygen atoms in total. The topological polar surface area (TPSA) is 97.1 Å². The molecule has 1 unspecified atom stereocenters. The number of aromatic nitrogens is 3. The van der Waals surface area contributed by atoms with Crippen LogP contribution in [0.4, 0.5) is 0 Å². The van der Waals surface area contributed by atoms with Crippen LogP contribution in [-0.2, 0) is 4.79 Å². The zero-order valence-electron chi connectivity index (χ0n) is 11.6. The van der Waals surface area contributed by atoms with E-state index < -0.39 is 17.9 Å². The van der Waals surface area contributed by atoms with E-state index in [1.165, 1.54) is 10.9 Å². The smallest absolute Gasteiger partial charge is 0.326 e. The molecular weight excluding hydrogens is 272 g/mol. The van der Waals surface area contributed by atoms with Gasteiger partial charge in [-0.05, 0) is 24.6 Å². The van der Waals surface area contributed by atoms with Gasteiger partial charge in [0.05, 0.1) is 18.1 Å². The van der Waals surface area contributed by atoms with Crippen LogP contribution >= 0.6 is 0 Å². The number of aliphatic carboxylic acids is 1. The minimum absolute atomic E-state index is 0.380. The minimum Gasteiger partial charge on any atom is -0.480 e. The van der Waals surface area contributed by atoms with E-state index in [4.69, 9.17) is 5.11 Å². The van der Waals surface area contributed by atoms with Crippen LogP contribution < -0.4 is 5.32 Å². The highest BCUT2D eigenvalue weighted by Gasteiger charge is 2.19. The van der Waals surface area contributed by atoms with Crippen LogP contribution in [0.1, 0.15) is 30.1 Å². The SMILES string of the molecule is CCCC(NC(=O)c1cccc(-n2ccnn2)c1)C(=O)O. The van der Waals surface area contributed by atoms with Crippen molar-refractivity contribution in [3.8, 4) is 5.69 Å². The molecule has 2 aromatic rings. The molecule has 21 heavy (non-hydrogen) atoms. The Morgan fingerprint density at radius 2 is 2.24 bits per heavy atom. The van der Waals surface area contributed by atoms with E-state index in [1.54, 1.807) is 30.5 Å². The van der Waals surface area contributed by atoms with Crippen LogP contribution in [0.15, 0.2) is 36.7 Å². The molecule has 0 spiro atoms. The zero-order chi connectivity index (χ0) is 15.2. The molecule has 0 bridgehead atoms. The quantitative estimate of drug-likeness (QED) is 0.833. The second-order valence-corrected chi connectivity index (χ2v) is 4.55. The molecule has 1 aromatic heterocycles. The van der Waals surface area contributed by atoms with E-state index in [1.807, 2.05) is 6.92 Å². The maximum absolute atomic E-state index is 12.1. The van der Waals surface area contributed by atoms with Gasteiger partial charge in [0.25, 0.3) is 5.91 Å². The van der Waals surface area contributed by atoms with Gasteiger partial charge in [-0.1, -0.05) is 24.6 Å². The summed E-state index contributed by atoms with van der Waals surface area (Å²) in [5.41, 5.74) is 1.06. The van der Waals surface area contributed by atoms with Crippen molar-refractivity contribution in [1.82, 2.24) is 20.3 Å². The number of carbonyl (C=O) groups excluding carboxylic acids is 1. The van der Waals surface area contributed by atoms with Gasteiger partial charge in [0.2, 0.25) is 0 Å². The van der Waals surface area contributed by atoms with Crippen molar-refractivity contribution in [1.29, 1.82) is 0 Å². The Balaban J connectivity index is 2.16. The predicted octanol–water partition coefficient (Wildman–Crippen LogP) is 1.25. The summed E-state index contributed by atoms with van der Waals surface area (Å²) in [4.78, 5) is 23.2. The maximum atomic E-state index is 12.1. The molecule has 0 aliphatic rings. The van der Waals surface area contributed by atoms with Gasteiger partial charge in [0.1, 0.15) is 6.04 Å². The van der Waals surface area contributed by atoms with Gasteiger partial charge in [0.15, 0.2) is 0 Å². The maximum Gasteiger partial charge on any atom is 0.326 e. The Kier molecular flexibility index (Phi) is 4.65. The molecule has 0 radical (unpaired) electrons. The largest absolute Gasteiger partial charge is 0.480 e. The number of hydrogen-bond acceptors (Lipinski definition) is 4. The van der Waals surface area contributed by atoms with Gasteiger partial charge < -0.3 is 10.4 Å². The average molecular weight is 288 g/mol. The summed E-state index contributed by atoms with van der Waals surface area (Å²) in [5.74, 6) is -1.45. The van der Waals surface area contributed by atoms with Crippen LogP contribution in [0, 0.1) is 0 Å². The van der Waals surface area contributed by atoms with Crippen LogP contribution in [0.25, 0.3) is 5.69 Å². The molecular formula is C14H16N4O3. The van der Waals surface area contributed by atoms with Crippen molar-refractivity contribution >= 4 is 11.9 Å². The van der Waals surface area contributed by atoms with Crippen molar-refractivity contribution in [2.75, 3.05) is 0 Å². The van der Waals surface area contributed by atoms with E-state index in [0.717, 1.165) is 0 Å². The summed E-state index contributed by atoms with van der Waals surface area (Å²) in [7, 11) is 0. The van der Waals surface area contributed by atoms with Crippen LogP contribution in [0.2, 0.25) is 0 Å². The first-order chi connectivity index (χ1) is 10.1. The lowest BCUT2D eigenvalue weighted by Gasteiger charge is -2.13. The fraction of sp³-hybridized carbons (Fsp3) is 0.286. The number of carboxylic acid groups (broad SMARTS) is 1. The molecule has 2 rings (SSSR count). The molecule has 1 amide bonds. The molecule has 1 aromatic carbocycles. The molecule has 1 atom stereocenters. The van der Waals surface area contributed by atoms with E-state index in [-0.39, 0.29) is 0 Å². The van der Waals surface area contributed by atoms with Crippen LogP contribution in [-0.4, -0.2) is 38.0 Å². The normalized spacial score (nSPS) is 11.9. The Morgan fingerprint density at radius 3 is 2.86 bits per heavy atom. The highest BCUT2D eigenvalue weighted by Crippen LogP contribution is 2.10. The monoisotopic (exact) mass is 288 g/mol. The highest BCUT2D eigenvalue weighted by atomic mass is 16.4. The Labute approximate surface area is 121 Å². The minimum atomic E-state index is -1.03. The summed E-state index contributed by atoms with van der Waals surface area (Å²) in [6.45, 7) is 1.87. The number of carboxylic acids is 1. The predicted molar refractivity (Wildman–Crippen MR) is 75.2 cm³/mol. The van der Waals surface area contributed by atoms with Crippen molar-refractivity contribution < 1.29 is 14.7 Å². The third-order valence-electron chi connectivity index (χ3n) is 2.98.